The minimum atomic E-state index is -0.729. The van der Waals surface area contributed by atoms with E-state index in [0.717, 1.165) is 12.3 Å². The van der Waals surface area contributed by atoms with Gasteiger partial charge in [0.25, 0.3) is 0 Å². The summed E-state index contributed by atoms with van der Waals surface area (Å²) in [5, 5.41) is 9.03. The Kier molecular flexibility index (Phi) is 2.94. The predicted octanol–water partition coefficient (Wildman–Crippen LogP) is 3.15. The van der Waals surface area contributed by atoms with E-state index in [1.54, 1.807) is 0 Å². The number of fused-ring (bicyclic) bond motifs is 1. The highest BCUT2D eigenvalue weighted by atomic mass is 16.4. The molecule has 2 atom stereocenters. The molecule has 2 nitrogen and oxygen atoms in total. The molecule has 0 bridgehead atoms. The van der Waals surface area contributed by atoms with Crippen LogP contribution >= 0.6 is 0 Å². The van der Waals surface area contributed by atoms with E-state index in [2.05, 4.69) is 13.0 Å². The third-order valence-electron chi connectivity index (χ3n) is 3.48. The molecule has 1 saturated carbocycles. The van der Waals surface area contributed by atoms with Gasteiger partial charge in [0.2, 0.25) is 0 Å². The highest BCUT2D eigenvalue weighted by molar-refractivity contribution is 5.86. The summed E-state index contributed by atoms with van der Waals surface area (Å²) in [6.45, 7) is 2.16. The Bertz CT molecular complexity index is 325. The van der Waals surface area contributed by atoms with Crippen molar-refractivity contribution in [2.24, 2.45) is 11.8 Å². The van der Waals surface area contributed by atoms with Gasteiger partial charge in [-0.25, -0.2) is 4.79 Å². The highest BCUT2D eigenvalue weighted by Gasteiger charge is 2.35. The second-order valence-electron chi connectivity index (χ2n) is 4.78. The first-order chi connectivity index (χ1) is 7.16. The summed E-state index contributed by atoms with van der Waals surface area (Å²) in [6, 6.07) is 0. The molecule has 2 aliphatic rings. The third-order valence-corrected chi connectivity index (χ3v) is 3.48. The van der Waals surface area contributed by atoms with Gasteiger partial charge >= 0.3 is 5.97 Å². The first-order valence-electron chi connectivity index (χ1n) is 5.76. The maximum absolute atomic E-state index is 11.0. The van der Waals surface area contributed by atoms with Crippen LogP contribution in [0.3, 0.4) is 0 Å². The van der Waals surface area contributed by atoms with Crippen LogP contribution in [-0.2, 0) is 4.79 Å². The van der Waals surface area contributed by atoms with Crippen LogP contribution in [0, 0.1) is 11.8 Å². The number of hydrogen-bond donors (Lipinski definition) is 1. The number of allylic oxidation sites excluding steroid dienone is 3. The minimum absolute atomic E-state index is 0.557. The van der Waals surface area contributed by atoms with E-state index in [1.165, 1.54) is 24.8 Å². The lowest BCUT2D eigenvalue weighted by Gasteiger charge is -2.05. The average Bonchev–Trinajstić information content (AvgIpc) is 2.92. The summed E-state index contributed by atoms with van der Waals surface area (Å²) in [5.41, 5.74) is 2.04. The molecule has 15 heavy (non-hydrogen) atoms. The van der Waals surface area contributed by atoms with Crippen molar-refractivity contribution in [1.82, 2.24) is 0 Å². The topological polar surface area (TPSA) is 37.3 Å². The molecule has 0 aliphatic heterocycles. The van der Waals surface area contributed by atoms with Crippen molar-refractivity contribution in [3.8, 4) is 0 Å². The number of carbonyl (C=O) groups is 1. The molecule has 2 unspecified atom stereocenters. The fourth-order valence-electron chi connectivity index (χ4n) is 2.32. The number of hydrogen-bond acceptors (Lipinski definition) is 1. The van der Waals surface area contributed by atoms with Gasteiger partial charge in [-0.2, -0.15) is 0 Å². The normalized spacial score (nSPS) is 31.0. The summed E-state index contributed by atoms with van der Waals surface area (Å²) < 4.78 is 0. The SMILES string of the molecule is CC1=CCCC(C(=O)O)=CC2CC2CC1. The zero-order chi connectivity index (χ0) is 10.8. The van der Waals surface area contributed by atoms with Crippen LogP contribution in [0.5, 0.6) is 0 Å². The van der Waals surface area contributed by atoms with Crippen molar-refractivity contribution in [1.29, 1.82) is 0 Å². The van der Waals surface area contributed by atoms with Crippen LogP contribution in [0.2, 0.25) is 0 Å². The molecule has 0 aromatic carbocycles. The molecular weight excluding hydrogens is 188 g/mol. The summed E-state index contributed by atoms with van der Waals surface area (Å²) in [7, 11) is 0. The Hall–Kier alpha value is -1.05. The largest absolute Gasteiger partial charge is 0.478 e. The molecule has 0 aromatic rings. The zero-order valence-corrected chi connectivity index (χ0v) is 9.20. The molecular formula is C13H18O2. The number of carboxylic acid groups (broad SMARTS) is 1. The van der Waals surface area contributed by atoms with Gasteiger partial charge in [-0.1, -0.05) is 17.7 Å². The van der Waals surface area contributed by atoms with E-state index in [4.69, 9.17) is 5.11 Å². The van der Waals surface area contributed by atoms with Crippen molar-refractivity contribution in [3.63, 3.8) is 0 Å². The molecule has 82 valence electrons. The Morgan fingerprint density at radius 1 is 1.47 bits per heavy atom. The summed E-state index contributed by atoms with van der Waals surface area (Å²) in [5.74, 6) is 0.579. The average molecular weight is 206 g/mol. The van der Waals surface area contributed by atoms with E-state index >= 15 is 0 Å². The van der Waals surface area contributed by atoms with Gasteiger partial charge in [-0.15, -0.1) is 0 Å². The fraction of sp³-hybridized carbons (Fsp3) is 0.615. The maximum Gasteiger partial charge on any atom is 0.331 e. The van der Waals surface area contributed by atoms with Crippen LogP contribution in [0.25, 0.3) is 0 Å². The van der Waals surface area contributed by atoms with Crippen molar-refractivity contribution in [2.75, 3.05) is 0 Å². The lowest BCUT2D eigenvalue weighted by Crippen LogP contribution is -2.02. The van der Waals surface area contributed by atoms with Crippen LogP contribution < -0.4 is 0 Å². The molecule has 2 rings (SSSR count). The molecule has 0 saturated heterocycles. The first-order valence-corrected chi connectivity index (χ1v) is 5.76. The van der Waals surface area contributed by atoms with Gasteiger partial charge < -0.3 is 5.11 Å². The van der Waals surface area contributed by atoms with E-state index < -0.39 is 5.97 Å². The van der Waals surface area contributed by atoms with Gasteiger partial charge in [0, 0.05) is 5.57 Å². The van der Waals surface area contributed by atoms with E-state index in [0.29, 0.717) is 17.9 Å². The van der Waals surface area contributed by atoms with Crippen molar-refractivity contribution in [3.05, 3.63) is 23.3 Å². The Morgan fingerprint density at radius 3 is 3.00 bits per heavy atom. The van der Waals surface area contributed by atoms with Crippen LogP contribution in [0.1, 0.15) is 39.0 Å². The lowest BCUT2D eigenvalue weighted by atomic mass is 10.0. The van der Waals surface area contributed by atoms with Crippen LogP contribution in [-0.4, -0.2) is 11.1 Å². The molecule has 0 amide bonds. The molecule has 1 N–H and O–H groups in total. The fourth-order valence-corrected chi connectivity index (χ4v) is 2.32. The first kappa shape index (κ1) is 10.5. The van der Waals surface area contributed by atoms with Crippen molar-refractivity contribution >= 4 is 5.97 Å². The molecule has 0 heterocycles. The monoisotopic (exact) mass is 206 g/mol. The Morgan fingerprint density at radius 2 is 2.27 bits per heavy atom. The Balaban J connectivity index is 2.09. The van der Waals surface area contributed by atoms with Gasteiger partial charge in [-0.3, -0.25) is 0 Å². The summed E-state index contributed by atoms with van der Waals surface area (Å²) >= 11 is 0. The van der Waals surface area contributed by atoms with E-state index in [9.17, 15) is 4.79 Å². The second-order valence-corrected chi connectivity index (χ2v) is 4.78. The summed E-state index contributed by atoms with van der Waals surface area (Å²) in [6.07, 6.45) is 9.39. The molecule has 2 heteroatoms. The van der Waals surface area contributed by atoms with Crippen molar-refractivity contribution in [2.45, 2.75) is 39.0 Å². The number of aliphatic carboxylic acids is 1. The van der Waals surface area contributed by atoms with Gasteiger partial charge in [-0.05, 0) is 50.9 Å². The maximum atomic E-state index is 11.0. The Labute approximate surface area is 90.7 Å². The smallest absolute Gasteiger partial charge is 0.331 e. The standard InChI is InChI=1S/C13H18O2/c1-9-3-2-4-11(13(14)15)8-12-7-10(12)6-5-9/h3,8,10,12H,2,4-7H2,1H3,(H,14,15). The highest BCUT2D eigenvalue weighted by Crippen LogP contribution is 2.45. The number of carboxylic acids is 1. The van der Waals surface area contributed by atoms with E-state index in [1.807, 2.05) is 6.08 Å². The molecule has 1 fully saturated rings. The van der Waals surface area contributed by atoms with Crippen molar-refractivity contribution < 1.29 is 9.90 Å². The molecule has 0 spiro atoms. The van der Waals surface area contributed by atoms with Gasteiger partial charge in [0.1, 0.15) is 0 Å². The molecule has 0 radical (unpaired) electrons. The van der Waals surface area contributed by atoms with Gasteiger partial charge in [0.05, 0.1) is 0 Å². The minimum Gasteiger partial charge on any atom is -0.478 e. The van der Waals surface area contributed by atoms with E-state index in [-0.39, 0.29) is 0 Å². The summed E-state index contributed by atoms with van der Waals surface area (Å²) in [4.78, 5) is 11.0. The second kappa shape index (κ2) is 4.21. The third kappa shape index (κ3) is 2.71. The number of rotatable bonds is 1. The molecule has 2 aliphatic carbocycles. The quantitative estimate of drug-likeness (QED) is 0.669. The lowest BCUT2D eigenvalue weighted by molar-refractivity contribution is -0.132. The van der Waals surface area contributed by atoms with Crippen LogP contribution in [0.4, 0.5) is 0 Å². The predicted molar refractivity (Wildman–Crippen MR) is 59.5 cm³/mol. The van der Waals surface area contributed by atoms with Gasteiger partial charge in [0.15, 0.2) is 0 Å². The zero-order valence-electron chi connectivity index (χ0n) is 9.20. The van der Waals surface area contributed by atoms with Crippen LogP contribution in [0.15, 0.2) is 23.3 Å². The molecule has 0 aromatic heterocycles.